The van der Waals surface area contributed by atoms with Gasteiger partial charge in [0.25, 0.3) is 11.7 Å². The fraction of sp³-hybridized carbons (Fsp3) is 0.300. The van der Waals surface area contributed by atoms with Crippen LogP contribution in [0.5, 0.6) is 0 Å². The lowest BCUT2D eigenvalue weighted by Gasteiger charge is -2.11. The van der Waals surface area contributed by atoms with E-state index < -0.39 is 29.7 Å². The topological polar surface area (TPSA) is 86.1 Å². The Labute approximate surface area is 178 Å². The highest BCUT2D eigenvalue weighted by Gasteiger charge is 2.32. The van der Waals surface area contributed by atoms with Gasteiger partial charge < -0.3 is 10.1 Å². The molecule has 0 radical (unpaired) electrons. The van der Waals surface area contributed by atoms with Crippen LogP contribution in [0, 0.1) is 0 Å². The van der Waals surface area contributed by atoms with E-state index in [1.54, 1.807) is 17.5 Å². The number of nitrogens with one attached hydrogen (secondary N) is 1. The Morgan fingerprint density at radius 2 is 2.03 bits per heavy atom. The Bertz CT molecular complexity index is 1110. The van der Waals surface area contributed by atoms with E-state index in [0.717, 1.165) is 29.7 Å². The van der Waals surface area contributed by atoms with E-state index in [1.165, 1.54) is 30.4 Å². The molecule has 1 N–H and O–H groups in total. The Morgan fingerprint density at radius 3 is 2.68 bits per heavy atom. The summed E-state index contributed by atoms with van der Waals surface area (Å²) in [5, 5.41) is 8.58. The van der Waals surface area contributed by atoms with E-state index in [9.17, 15) is 22.8 Å². The highest BCUT2D eigenvalue weighted by molar-refractivity contribution is 7.13. The molecule has 4 rings (SSSR count). The summed E-state index contributed by atoms with van der Waals surface area (Å²) in [6.07, 6.45) is -3.82. The third kappa shape index (κ3) is 4.76. The number of benzene rings is 1. The Morgan fingerprint density at radius 1 is 1.26 bits per heavy atom. The molecule has 1 atom stereocenters. The first-order valence-corrected chi connectivity index (χ1v) is 10.3. The molecule has 2 aromatic heterocycles. The van der Waals surface area contributed by atoms with Crippen LogP contribution in [-0.4, -0.2) is 38.8 Å². The van der Waals surface area contributed by atoms with Gasteiger partial charge in [0, 0.05) is 6.04 Å². The van der Waals surface area contributed by atoms with Crippen LogP contribution in [0.1, 0.15) is 35.9 Å². The number of hydrogen-bond acceptors (Lipinski definition) is 6. The van der Waals surface area contributed by atoms with Gasteiger partial charge in [-0.05, 0) is 49.4 Å². The third-order valence-electron chi connectivity index (χ3n) is 4.53. The average molecular weight is 450 g/mol. The lowest BCUT2D eigenvalue weighted by atomic mass is 10.2. The molecule has 0 bridgehead atoms. The van der Waals surface area contributed by atoms with Crippen molar-refractivity contribution < 1.29 is 27.5 Å². The van der Waals surface area contributed by atoms with Crippen LogP contribution in [0.3, 0.4) is 0 Å². The van der Waals surface area contributed by atoms with E-state index in [-0.39, 0.29) is 23.4 Å². The van der Waals surface area contributed by atoms with Crippen molar-refractivity contribution in [3.8, 4) is 16.4 Å². The Hall–Kier alpha value is -3.21. The van der Waals surface area contributed by atoms with Gasteiger partial charge in [-0.2, -0.15) is 18.2 Å². The molecule has 1 amide bonds. The zero-order valence-corrected chi connectivity index (χ0v) is 17.0. The van der Waals surface area contributed by atoms with Gasteiger partial charge in [0.05, 0.1) is 16.1 Å². The van der Waals surface area contributed by atoms with Crippen LogP contribution in [0.4, 0.5) is 13.2 Å². The van der Waals surface area contributed by atoms with Crippen LogP contribution in [0.15, 0.2) is 41.8 Å². The van der Waals surface area contributed by atoms with Crippen molar-refractivity contribution in [2.45, 2.75) is 38.1 Å². The van der Waals surface area contributed by atoms with Gasteiger partial charge in [0.2, 0.25) is 0 Å². The summed E-state index contributed by atoms with van der Waals surface area (Å²) in [5.41, 5.74) is -0.767. The number of esters is 1. The number of aromatic nitrogens is 3. The highest BCUT2D eigenvalue weighted by Crippen LogP contribution is 2.32. The van der Waals surface area contributed by atoms with E-state index in [0.29, 0.717) is 4.88 Å². The smallest absolute Gasteiger partial charge is 0.416 e. The molecule has 1 aromatic carbocycles. The van der Waals surface area contributed by atoms with Crippen LogP contribution in [0.2, 0.25) is 0 Å². The second kappa shape index (κ2) is 8.14. The molecule has 1 saturated carbocycles. The van der Waals surface area contributed by atoms with Gasteiger partial charge in [-0.3, -0.25) is 4.79 Å². The summed E-state index contributed by atoms with van der Waals surface area (Å²) in [6.45, 7) is 1.43. The maximum Gasteiger partial charge on any atom is 0.416 e. The quantitative estimate of drug-likeness (QED) is 0.577. The van der Waals surface area contributed by atoms with Gasteiger partial charge >= 0.3 is 12.1 Å². The summed E-state index contributed by atoms with van der Waals surface area (Å²) in [4.78, 5) is 29.4. The van der Waals surface area contributed by atoms with Crippen molar-refractivity contribution in [1.82, 2.24) is 20.1 Å². The molecule has 7 nitrogen and oxygen atoms in total. The van der Waals surface area contributed by atoms with Crippen molar-refractivity contribution in [2.75, 3.05) is 0 Å². The molecule has 162 valence electrons. The minimum Gasteiger partial charge on any atom is -0.447 e. The number of amides is 1. The lowest BCUT2D eigenvalue weighted by molar-refractivity contribution is -0.137. The molecule has 1 aliphatic carbocycles. The number of alkyl halides is 3. The molecule has 2 heterocycles. The van der Waals surface area contributed by atoms with Crippen LogP contribution < -0.4 is 5.32 Å². The predicted molar refractivity (Wildman–Crippen MR) is 106 cm³/mol. The summed E-state index contributed by atoms with van der Waals surface area (Å²) in [7, 11) is 0. The molecule has 0 spiro atoms. The number of halogens is 3. The standard InChI is InChI=1S/C20H17F3N4O3S/c1-11(18(28)24-13-7-8-13)30-19(29)16-25-17(15-6-3-9-31-15)27(26-16)14-5-2-4-12(10-14)20(21,22)23/h2-6,9-11,13H,7-8H2,1H3,(H,24,28). The third-order valence-corrected chi connectivity index (χ3v) is 5.39. The normalized spacial score (nSPS) is 14.8. The first-order chi connectivity index (χ1) is 14.7. The summed E-state index contributed by atoms with van der Waals surface area (Å²) in [6, 6.07) is 8.11. The minimum atomic E-state index is -4.54. The van der Waals surface area contributed by atoms with E-state index >= 15 is 0 Å². The summed E-state index contributed by atoms with van der Waals surface area (Å²) >= 11 is 1.29. The Balaban J connectivity index is 1.65. The predicted octanol–water partition coefficient (Wildman–Crippen LogP) is 3.84. The fourth-order valence-corrected chi connectivity index (χ4v) is 3.47. The van der Waals surface area contributed by atoms with Gasteiger partial charge in [-0.15, -0.1) is 16.4 Å². The number of hydrogen-bond donors (Lipinski definition) is 1. The first-order valence-electron chi connectivity index (χ1n) is 9.42. The molecule has 1 unspecified atom stereocenters. The van der Waals surface area contributed by atoms with E-state index in [4.69, 9.17) is 4.74 Å². The maximum absolute atomic E-state index is 13.1. The SMILES string of the molecule is CC(OC(=O)c1nc(-c2cccs2)n(-c2cccc(C(F)(F)F)c2)n1)C(=O)NC1CC1. The van der Waals surface area contributed by atoms with Crippen molar-refractivity contribution in [1.29, 1.82) is 0 Å². The molecule has 1 aliphatic rings. The lowest BCUT2D eigenvalue weighted by Crippen LogP contribution is -2.37. The minimum absolute atomic E-state index is 0.0873. The molecule has 0 saturated heterocycles. The number of ether oxygens (including phenoxy) is 1. The molecule has 1 fully saturated rings. The fourth-order valence-electron chi connectivity index (χ4n) is 2.77. The Kier molecular flexibility index (Phi) is 5.52. The largest absolute Gasteiger partial charge is 0.447 e. The summed E-state index contributed by atoms with van der Waals surface area (Å²) < 4.78 is 45.8. The van der Waals surface area contributed by atoms with Gasteiger partial charge in [-0.1, -0.05) is 12.1 Å². The second-order valence-corrected chi connectivity index (χ2v) is 7.97. The highest BCUT2D eigenvalue weighted by atomic mass is 32.1. The molecular formula is C20H17F3N4O3S. The molecule has 3 aromatic rings. The number of nitrogens with zero attached hydrogens (tertiary/aromatic N) is 3. The van der Waals surface area contributed by atoms with Crippen LogP contribution in [-0.2, 0) is 15.7 Å². The van der Waals surface area contributed by atoms with Crippen molar-refractivity contribution in [3.63, 3.8) is 0 Å². The molecule has 31 heavy (non-hydrogen) atoms. The second-order valence-electron chi connectivity index (χ2n) is 7.03. The monoisotopic (exact) mass is 450 g/mol. The zero-order valence-electron chi connectivity index (χ0n) is 16.2. The van der Waals surface area contributed by atoms with E-state index in [1.807, 2.05) is 0 Å². The van der Waals surface area contributed by atoms with Crippen molar-refractivity contribution >= 4 is 23.2 Å². The van der Waals surface area contributed by atoms with Gasteiger partial charge in [-0.25, -0.2) is 9.48 Å². The number of thiophene rings is 1. The molecule has 0 aliphatic heterocycles. The molecule has 11 heteroatoms. The van der Waals surface area contributed by atoms with Gasteiger partial charge in [0.1, 0.15) is 0 Å². The van der Waals surface area contributed by atoms with Gasteiger partial charge in [0.15, 0.2) is 11.9 Å². The maximum atomic E-state index is 13.1. The number of carbonyl (C=O) groups is 2. The first kappa shape index (κ1) is 21.0. The van der Waals surface area contributed by atoms with Crippen molar-refractivity contribution in [3.05, 3.63) is 53.2 Å². The van der Waals surface area contributed by atoms with E-state index in [2.05, 4.69) is 15.4 Å². The summed E-state index contributed by atoms with van der Waals surface area (Å²) in [5.74, 6) is -1.53. The number of rotatable bonds is 6. The zero-order chi connectivity index (χ0) is 22.2. The van der Waals surface area contributed by atoms with Crippen molar-refractivity contribution in [2.24, 2.45) is 0 Å². The average Bonchev–Trinajstić information content (AvgIpc) is 3.20. The van der Waals surface area contributed by atoms with Crippen LogP contribution >= 0.6 is 11.3 Å². The number of carbonyl (C=O) groups excluding carboxylic acids is 2. The van der Waals surface area contributed by atoms with Crippen LogP contribution in [0.25, 0.3) is 16.4 Å². The molecular weight excluding hydrogens is 433 g/mol.